The second-order valence-corrected chi connectivity index (χ2v) is 5.36. The largest absolute Gasteiger partial charge is 0.426 e. The second kappa shape index (κ2) is 6.21. The number of amides is 2. The molecule has 0 atom stereocenters. The molecule has 7 nitrogen and oxygen atoms in total. The van der Waals surface area contributed by atoms with E-state index in [1.54, 1.807) is 36.4 Å². The standard InChI is InChI=1S/C19H11NO6/c21-17-13-8-4-5-9-14(13)18(22)20(17)26-19(23)15-10-11-16(25-15)24-12-6-2-1-3-7-12/h1-11H. The number of furan rings is 1. The van der Waals surface area contributed by atoms with Crippen LogP contribution in [0, 0.1) is 0 Å². The lowest BCUT2D eigenvalue weighted by Gasteiger charge is -2.11. The average molecular weight is 349 g/mol. The van der Waals surface area contributed by atoms with Crippen LogP contribution in [-0.4, -0.2) is 22.8 Å². The fourth-order valence-corrected chi connectivity index (χ4v) is 2.47. The molecule has 0 bridgehead atoms. The highest BCUT2D eigenvalue weighted by Gasteiger charge is 2.39. The van der Waals surface area contributed by atoms with Crippen LogP contribution in [0.2, 0.25) is 0 Å². The van der Waals surface area contributed by atoms with Gasteiger partial charge in [0.25, 0.3) is 17.8 Å². The number of hydrogen-bond acceptors (Lipinski definition) is 6. The lowest BCUT2D eigenvalue weighted by atomic mass is 10.1. The molecule has 1 aliphatic rings. The number of para-hydroxylation sites is 1. The van der Waals surface area contributed by atoms with Gasteiger partial charge in [0.05, 0.1) is 11.1 Å². The van der Waals surface area contributed by atoms with E-state index in [0.717, 1.165) is 0 Å². The van der Waals surface area contributed by atoms with Crippen molar-refractivity contribution in [3.8, 4) is 11.7 Å². The van der Waals surface area contributed by atoms with Crippen molar-refractivity contribution in [3.05, 3.63) is 83.6 Å². The molecule has 0 unspecified atom stereocenters. The summed E-state index contributed by atoms with van der Waals surface area (Å²) >= 11 is 0. The van der Waals surface area contributed by atoms with Gasteiger partial charge in [-0.25, -0.2) is 4.79 Å². The molecule has 2 amide bonds. The molecule has 2 aromatic carbocycles. The molecule has 128 valence electrons. The van der Waals surface area contributed by atoms with Gasteiger partial charge in [0.1, 0.15) is 5.75 Å². The number of carbonyl (C=O) groups is 3. The molecule has 3 aromatic rings. The van der Waals surface area contributed by atoms with E-state index in [-0.39, 0.29) is 22.8 Å². The Labute approximate surface area is 147 Å². The predicted molar refractivity (Wildman–Crippen MR) is 87.6 cm³/mol. The third-order valence-corrected chi connectivity index (χ3v) is 3.68. The van der Waals surface area contributed by atoms with Crippen LogP contribution in [-0.2, 0) is 4.84 Å². The summed E-state index contributed by atoms with van der Waals surface area (Å²) in [6.07, 6.45) is 0. The van der Waals surface area contributed by atoms with Crippen LogP contribution in [0.1, 0.15) is 31.3 Å². The molecule has 2 heterocycles. The van der Waals surface area contributed by atoms with E-state index < -0.39 is 17.8 Å². The van der Waals surface area contributed by atoms with E-state index in [0.29, 0.717) is 10.8 Å². The quantitative estimate of drug-likeness (QED) is 0.671. The van der Waals surface area contributed by atoms with Crippen molar-refractivity contribution >= 4 is 17.8 Å². The number of hydrogen-bond donors (Lipinski definition) is 0. The van der Waals surface area contributed by atoms with Crippen molar-refractivity contribution in [1.82, 2.24) is 5.06 Å². The van der Waals surface area contributed by atoms with Gasteiger partial charge in [-0.05, 0) is 30.3 Å². The van der Waals surface area contributed by atoms with Crippen LogP contribution >= 0.6 is 0 Å². The van der Waals surface area contributed by atoms with Crippen LogP contribution in [0.5, 0.6) is 11.7 Å². The van der Waals surface area contributed by atoms with Gasteiger partial charge >= 0.3 is 5.97 Å². The van der Waals surface area contributed by atoms with E-state index >= 15 is 0 Å². The van der Waals surface area contributed by atoms with E-state index in [2.05, 4.69) is 0 Å². The Hall–Kier alpha value is -3.87. The highest BCUT2D eigenvalue weighted by molar-refractivity contribution is 6.21. The fourth-order valence-electron chi connectivity index (χ4n) is 2.47. The van der Waals surface area contributed by atoms with Crippen molar-refractivity contribution in [2.75, 3.05) is 0 Å². The van der Waals surface area contributed by atoms with Crippen LogP contribution in [0.4, 0.5) is 0 Å². The number of benzene rings is 2. The fraction of sp³-hybridized carbons (Fsp3) is 0. The highest BCUT2D eigenvalue weighted by atomic mass is 16.7. The van der Waals surface area contributed by atoms with Crippen LogP contribution in [0.3, 0.4) is 0 Å². The number of imide groups is 1. The first-order valence-electron chi connectivity index (χ1n) is 7.66. The Balaban J connectivity index is 1.48. The molecule has 0 N–H and O–H groups in total. The number of hydroxylamine groups is 2. The first kappa shape index (κ1) is 15.6. The summed E-state index contributed by atoms with van der Waals surface area (Å²) in [5.74, 6) is -1.99. The number of fused-ring (bicyclic) bond motifs is 1. The van der Waals surface area contributed by atoms with Gasteiger partial charge in [0, 0.05) is 6.07 Å². The van der Waals surface area contributed by atoms with Crippen LogP contribution < -0.4 is 4.74 Å². The average Bonchev–Trinajstić information content (AvgIpc) is 3.22. The number of ether oxygens (including phenoxy) is 1. The minimum atomic E-state index is -0.984. The van der Waals surface area contributed by atoms with Gasteiger partial charge in [-0.3, -0.25) is 9.59 Å². The highest BCUT2D eigenvalue weighted by Crippen LogP contribution is 2.26. The summed E-state index contributed by atoms with van der Waals surface area (Å²) in [6, 6.07) is 17.8. The van der Waals surface area contributed by atoms with Crippen molar-refractivity contribution in [3.63, 3.8) is 0 Å². The van der Waals surface area contributed by atoms with Gasteiger partial charge in [0.2, 0.25) is 5.76 Å². The maximum atomic E-state index is 12.2. The van der Waals surface area contributed by atoms with Crippen LogP contribution in [0.25, 0.3) is 0 Å². The van der Waals surface area contributed by atoms with Crippen LogP contribution in [0.15, 0.2) is 71.1 Å². The van der Waals surface area contributed by atoms with Crippen molar-refractivity contribution in [2.45, 2.75) is 0 Å². The molecule has 1 aromatic heterocycles. The maximum absolute atomic E-state index is 12.2. The monoisotopic (exact) mass is 349 g/mol. The zero-order valence-corrected chi connectivity index (χ0v) is 13.2. The summed E-state index contributed by atoms with van der Waals surface area (Å²) in [6.45, 7) is 0. The summed E-state index contributed by atoms with van der Waals surface area (Å²) in [4.78, 5) is 41.5. The number of nitrogens with zero attached hydrogens (tertiary/aromatic N) is 1. The van der Waals surface area contributed by atoms with Gasteiger partial charge in [0.15, 0.2) is 0 Å². The van der Waals surface area contributed by atoms with Gasteiger partial charge in [-0.15, -0.1) is 0 Å². The Morgan fingerprint density at radius 1 is 0.808 bits per heavy atom. The molecule has 0 radical (unpaired) electrons. The summed E-state index contributed by atoms with van der Waals surface area (Å²) in [7, 11) is 0. The van der Waals surface area contributed by atoms with E-state index in [1.165, 1.54) is 24.3 Å². The third-order valence-electron chi connectivity index (χ3n) is 3.68. The Morgan fingerprint density at radius 3 is 2.08 bits per heavy atom. The van der Waals surface area contributed by atoms with E-state index in [1.807, 2.05) is 6.07 Å². The summed E-state index contributed by atoms with van der Waals surface area (Å²) < 4.78 is 10.7. The van der Waals surface area contributed by atoms with Crippen molar-refractivity contribution < 1.29 is 28.4 Å². The summed E-state index contributed by atoms with van der Waals surface area (Å²) in [5, 5.41) is 0.424. The zero-order valence-electron chi connectivity index (χ0n) is 13.2. The molecular formula is C19H11NO6. The molecular weight excluding hydrogens is 338 g/mol. The summed E-state index contributed by atoms with van der Waals surface area (Å²) in [5.41, 5.74) is 0.357. The Morgan fingerprint density at radius 2 is 1.42 bits per heavy atom. The first-order chi connectivity index (χ1) is 12.6. The Kier molecular flexibility index (Phi) is 3.74. The smallest absolute Gasteiger partial charge is 0.399 e. The maximum Gasteiger partial charge on any atom is 0.399 e. The molecule has 0 aliphatic carbocycles. The minimum Gasteiger partial charge on any atom is -0.426 e. The Bertz CT molecular complexity index is 973. The van der Waals surface area contributed by atoms with Crippen molar-refractivity contribution in [1.29, 1.82) is 0 Å². The SMILES string of the molecule is O=C(ON1C(=O)c2ccccc2C1=O)c1ccc(Oc2ccccc2)o1. The first-order valence-corrected chi connectivity index (χ1v) is 7.66. The zero-order chi connectivity index (χ0) is 18.1. The molecule has 0 fully saturated rings. The molecule has 1 aliphatic heterocycles. The van der Waals surface area contributed by atoms with E-state index in [4.69, 9.17) is 14.0 Å². The molecule has 0 spiro atoms. The minimum absolute atomic E-state index is 0.0745. The molecule has 26 heavy (non-hydrogen) atoms. The topological polar surface area (TPSA) is 86.0 Å². The number of carbonyl (C=O) groups excluding carboxylic acids is 3. The van der Waals surface area contributed by atoms with Crippen molar-refractivity contribution in [2.24, 2.45) is 0 Å². The predicted octanol–water partition coefficient (Wildman–Crippen LogP) is 3.44. The molecule has 0 saturated heterocycles. The second-order valence-electron chi connectivity index (χ2n) is 5.36. The lowest BCUT2D eigenvalue weighted by molar-refractivity contribution is -0.0604. The molecule has 0 saturated carbocycles. The third kappa shape index (κ3) is 2.71. The van der Waals surface area contributed by atoms with Gasteiger partial charge in [-0.1, -0.05) is 35.4 Å². The normalized spacial score (nSPS) is 12.8. The number of rotatable bonds is 4. The molecule has 4 rings (SSSR count). The molecule has 7 heteroatoms. The lowest BCUT2D eigenvalue weighted by Crippen LogP contribution is -2.32. The van der Waals surface area contributed by atoms with Gasteiger partial charge in [-0.2, -0.15) is 0 Å². The van der Waals surface area contributed by atoms with Gasteiger partial charge < -0.3 is 14.0 Å². The van der Waals surface area contributed by atoms with E-state index in [9.17, 15) is 14.4 Å².